The van der Waals surface area contributed by atoms with Crippen LogP contribution in [-0.2, 0) is 14.3 Å². The van der Waals surface area contributed by atoms with E-state index in [1.54, 1.807) is 0 Å². The first-order valence-electron chi connectivity index (χ1n) is 26.7. The number of aliphatic hydroxyl groups excluding tert-OH is 2. The second-order valence-corrected chi connectivity index (χ2v) is 18.0. The highest BCUT2D eigenvalue weighted by Gasteiger charge is 2.24. The van der Waals surface area contributed by atoms with Crippen molar-refractivity contribution in [2.75, 3.05) is 6.61 Å². The van der Waals surface area contributed by atoms with Crippen molar-refractivity contribution in [3.05, 3.63) is 72.9 Å². The fraction of sp³-hybridized carbons (Fsp3) is 0.754. The first-order valence-corrected chi connectivity index (χ1v) is 26.7. The van der Waals surface area contributed by atoms with Crippen molar-refractivity contribution >= 4 is 11.9 Å². The second-order valence-electron chi connectivity index (χ2n) is 18.0. The van der Waals surface area contributed by atoms with Gasteiger partial charge in [0.2, 0.25) is 5.91 Å². The molecule has 6 nitrogen and oxygen atoms in total. The van der Waals surface area contributed by atoms with Crippen LogP contribution >= 0.6 is 0 Å². The van der Waals surface area contributed by atoms with Gasteiger partial charge in [-0.2, -0.15) is 0 Å². The highest BCUT2D eigenvalue weighted by molar-refractivity contribution is 5.77. The molecule has 63 heavy (non-hydrogen) atoms. The van der Waals surface area contributed by atoms with Crippen LogP contribution in [0.5, 0.6) is 0 Å². The van der Waals surface area contributed by atoms with Gasteiger partial charge in [0.1, 0.15) is 6.10 Å². The van der Waals surface area contributed by atoms with E-state index in [0.29, 0.717) is 19.3 Å². The Morgan fingerprint density at radius 1 is 0.460 bits per heavy atom. The summed E-state index contributed by atoms with van der Waals surface area (Å²) >= 11 is 0. The Hall–Kier alpha value is -2.70. The summed E-state index contributed by atoms with van der Waals surface area (Å²) in [6.07, 6.45) is 63.9. The van der Waals surface area contributed by atoms with Crippen LogP contribution in [0.2, 0.25) is 0 Å². The molecule has 0 aliphatic heterocycles. The monoisotopic (exact) mass is 880 g/mol. The van der Waals surface area contributed by atoms with Gasteiger partial charge in [0.25, 0.3) is 0 Å². The smallest absolute Gasteiger partial charge is 0.306 e. The molecule has 3 unspecified atom stereocenters. The van der Waals surface area contributed by atoms with E-state index < -0.39 is 18.2 Å². The van der Waals surface area contributed by atoms with Crippen molar-refractivity contribution in [2.45, 2.75) is 270 Å². The molecule has 0 aliphatic carbocycles. The van der Waals surface area contributed by atoms with Gasteiger partial charge >= 0.3 is 5.97 Å². The molecular formula is C57H101NO5. The maximum Gasteiger partial charge on any atom is 0.306 e. The van der Waals surface area contributed by atoms with Crippen molar-refractivity contribution < 1.29 is 24.5 Å². The van der Waals surface area contributed by atoms with Gasteiger partial charge in [-0.3, -0.25) is 9.59 Å². The third-order valence-electron chi connectivity index (χ3n) is 11.9. The zero-order valence-corrected chi connectivity index (χ0v) is 41.4. The summed E-state index contributed by atoms with van der Waals surface area (Å²) in [5.41, 5.74) is 0. The Balaban J connectivity index is 4.69. The van der Waals surface area contributed by atoms with Gasteiger partial charge in [0.15, 0.2) is 0 Å². The Morgan fingerprint density at radius 3 is 1.30 bits per heavy atom. The Morgan fingerprint density at radius 2 is 0.825 bits per heavy atom. The Kier molecular flexibility index (Phi) is 48.1. The van der Waals surface area contributed by atoms with Gasteiger partial charge < -0.3 is 20.3 Å². The SMILES string of the molecule is CCCCC/C=C/C=C/C=C/C=C/CCCCCCCC(=O)OC(CCC/C=C/C=C/CCCCCCCCC)CC(=O)NC(CO)C(O)CCCCCCCCCCCCCC. The van der Waals surface area contributed by atoms with E-state index in [4.69, 9.17) is 4.74 Å². The number of aliphatic hydroxyl groups is 2. The minimum atomic E-state index is -0.806. The molecule has 0 bridgehead atoms. The molecule has 0 rings (SSSR count). The zero-order chi connectivity index (χ0) is 45.9. The number of hydrogen-bond donors (Lipinski definition) is 3. The van der Waals surface area contributed by atoms with Gasteiger partial charge in [0, 0.05) is 6.42 Å². The van der Waals surface area contributed by atoms with Crippen LogP contribution in [0.3, 0.4) is 0 Å². The third-order valence-corrected chi connectivity index (χ3v) is 11.9. The van der Waals surface area contributed by atoms with Crippen molar-refractivity contribution in [1.29, 1.82) is 0 Å². The van der Waals surface area contributed by atoms with Gasteiger partial charge in [-0.1, -0.05) is 241 Å². The molecule has 0 fully saturated rings. The molecule has 3 N–H and O–H groups in total. The molecule has 0 aromatic carbocycles. The number of unbranched alkanes of at least 4 members (excludes halogenated alkanes) is 27. The quantitative estimate of drug-likeness (QED) is 0.0321. The lowest BCUT2D eigenvalue weighted by Crippen LogP contribution is -2.46. The van der Waals surface area contributed by atoms with Crippen LogP contribution < -0.4 is 5.32 Å². The molecule has 3 atom stereocenters. The predicted molar refractivity (Wildman–Crippen MR) is 273 cm³/mol. The normalized spacial score (nSPS) is 13.8. The molecule has 0 aliphatic rings. The van der Waals surface area contributed by atoms with Crippen molar-refractivity contribution in [2.24, 2.45) is 0 Å². The van der Waals surface area contributed by atoms with Crippen LogP contribution in [0, 0.1) is 0 Å². The Bertz CT molecular complexity index is 1170. The zero-order valence-electron chi connectivity index (χ0n) is 41.4. The van der Waals surface area contributed by atoms with Crippen molar-refractivity contribution in [1.82, 2.24) is 5.32 Å². The maximum absolute atomic E-state index is 13.2. The molecule has 6 heteroatoms. The fourth-order valence-electron chi connectivity index (χ4n) is 7.79. The number of amides is 1. The second kappa shape index (κ2) is 50.3. The van der Waals surface area contributed by atoms with Gasteiger partial charge in [0.05, 0.1) is 25.2 Å². The molecular weight excluding hydrogens is 779 g/mol. The summed E-state index contributed by atoms with van der Waals surface area (Å²) in [4.78, 5) is 26.2. The highest BCUT2D eigenvalue weighted by Crippen LogP contribution is 2.17. The average molecular weight is 880 g/mol. The Labute approximate surface area is 390 Å². The first-order chi connectivity index (χ1) is 31.0. The first kappa shape index (κ1) is 60.3. The lowest BCUT2D eigenvalue weighted by atomic mass is 10.0. The van der Waals surface area contributed by atoms with Gasteiger partial charge in [-0.25, -0.2) is 0 Å². The molecule has 0 spiro atoms. The number of esters is 1. The number of hydrogen-bond acceptors (Lipinski definition) is 5. The van der Waals surface area contributed by atoms with Crippen LogP contribution in [0.25, 0.3) is 0 Å². The van der Waals surface area contributed by atoms with Crippen LogP contribution in [0.15, 0.2) is 72.9 Å². The van der Waals surface area contributed by atoms with E-state index in [1.165, 1.54) is 122 Å². The number of carbonyl (C=O) groups is 2. The molecule has 0 saturated heterocycles. The van der Waals surface area contributed by atoms with Crippen molar-refractivity contribution in [3.8, 4) is 0 Å². The van der Waals surface area contributed by atoms with E-state index >= 15 is 0 Å². The van der Waals surface area contributed by atoms with E-state index in [2.05, 4.69) is 99.0 Å². The van der Waals surface area contributed by atoms with E-state index in [0.717, 1.165) is 83.5 Å². The average Bonchev–Trinajstić information content (AvgIpc) is 3.28. The standard InChI is InChI=1S/C57H101NO5/c1-4-7-10-13-16-19-22-25-27-28-29-30-32-35-38-41-44-47-50-57(62)63-53(48-45-42-39-36-33-31-26-23-20-17-14-11-8-5-2)51-56(61)58-54(52-59)55(60)49-46-43-40-37-34-24-21-18-15-12-9-6-3/h16,19,22,25,27-31,33,36,39,53-55,59-60H,4-15,17-18,20-21,23-24,26,32,34-35,37-38,40-52H2,1-3H3,(H,58,61)/b19-16+,25-22+,28-27+,30-29+,33-31+,39-36+. The minimum absolute atomic E-state index is 0.0325. The number of allylic oxidation sites excluding steroid dienone is 12. The molecule has 0 heterocycles. The van der Waals surface area contributed by atoms with Crippen LogP contribution in [0.1, 0.15) is 252 Å². The van der Waals surface area contributed by atoms with E-state index in [9.17, 15) is 19.8 Å². The fourth-order valence-corrected chi connectivity index (χ4v) is 7.79. The largest absolute Gasteiger partial charge is 0.462 e. The van der Waals surface area contributed by atoms with Crippen molar-refractivity contribution in [3.63, 3.8) is 0 Å². The lowest BCUT2D eigenvalue weighted by molar-refractivity contribution is -0.151. The summed E-state index contributed by atoms with van der Waals surface area (Å²) in [6, 6.07) is -0.723. The topological polar surface area (TPSA) is 95.9 Å². The van der Waals surface area contributed by atoms with E-state index in [-0.39, 0.29) is 24.9 Å². The molecule has 0 aromatic rings. The molecule has 0 radical (unpaired) electrons. The van der Waals surface area contributed by atoms with Gasteiger partial charge in [-0.05, 0) is 70.6 Å². The summed E-state index contributed by atoms with van der Waals surface area (Å²) < 4.78 is 5.91. The number of carbonyl (C=O) groups excluding carboxylic acids is 2. The minimum Gasteiger partial charge on any atom is -0.462 e. The molecule has 1 amide bonds. The molecule has 0 saturated carbocycles. The summed E-state index contributed by atoms with van der Waals surface area (Å²) in [5, 5.41) is 23.8. The third kappa shape index (κ3) is 45.7. The van der Waals surface area contributed by atoms with E-state index in [1.807, 2.05) is 0 Å². The summed E-state index contributed by atoms with van der Waals surface area (Å²) in [7, 11) is 0. The number of ether oxygens (including phenoxy) is 1. The molecule has 364 valence electrons. The summed E-state index contributed by atoms with van der Waals surface area (Å²) in [6.45, 7) is 6.42. The van der Waals surface area contributed by atoms with Crippen LogP contribution in [-0.4, -0.2) is 46.9 Å². The lowest BCUT2D eigenvalue weighted by Gasteiger charge is -2.24. The summed E-state index contributed by atoms with van der Waals surface area (Å²) in [5.74, 6) is -0.547. The number of rotatable bonds is 47. The van der Waals surface area contributed by atoms with Crippen LogP contribution in [0.4, 0.5) is 0 Å². The number of nitrogens with one attached hydrogen (secondary N) is 1. The molecule has 0 aromatic heterocycles. The highest BCUT2D eigenvalue weighted by atomic mass is 16.5. The van der Waals surface area contributed by atoms with Gasteiger partial charge in [-0.15, -0.1) is 0 Å². The predicted octanol–water partition coefficient (Wildman–Crippen LogP) is 16.2. The maximum atomic E-state index is 13.2.